The van der Waals surface area contributed by atoms with Crippen molar-refractivity contribution in [1.29, 1.82) is 0 Å². The smallest absolute Gasteiger partial charge is 0.378 e. The number of rotatable bonds is 2. The first-order valence-corrected chi connectivity index (χ1v) is 14.9. The van der Waals surface area contributed by atoms with Gasteiger partial charge in [-0.3, -0.25) is 14.1 Å². The van der Waals surface area contributed by atoms with Crippen LogP contribution in [0.5, 0.6) is 0 Å². The van der Waals surface area contributed by atoms with E-state index < -0.39 is 38.1 Å². The predicted molar refractivity (Wildman–Crippen MR) is 128 cm³/mol. The van der Waals surface area contributed by atoms with Crippen molar-refractivity contribution in [2.24, 2.45) is 40.4 Å². The van der Waals surface area contributed by atoms with Crippen molar-refractivity contribution < 1.29 is 36.8 Å². The van der Waals surface area contributed by atoms with E-state index >= 15 is 0 Å². The van der Waals surface area contributed by atoms with Crippen LogP contribution in [-0.2, 0) is 34.0 Å². The second-order valence-electron chi connectivity index (χ2n) is 12.9. The van der Waals surface area contributed by atoms with Gasteiger partial charge >= 0.3 is 5.97 Å². The average molecular weight is 521 g/mol. The van der Waals surface area contributed by atoms with Crippen LogP contribution in [0, 0.1) is 40.4 Å². The Kier molecular flexibility index (Phi) is 5.31. The number of Topliss-reactive ketones (excluding diaryl/α,β-unsaturated/α-hetero) is 2. The van der Waals surface area contributed by atoms with Gasteiger partial charge < -0.3 is 9.47 Å². The third-order valence-electron chi connectivity index (χ3n) is 11.5. The highest BCUT2D eigenvalue weighted by Gasteiger charge is 2.64. The van der Waals surface area contributed by atoms with Crippen LogP contribution in [0.15, 0.2) is 11.6 Å². The zero-order valence-electron chi connectivity index (χ0n) is 21.2. The fourth-order valence-electron chi connectivity index (χ4n) is 9.48. The number of hydrogen-bond donors (Lipinski definition) is 1. The Labute approximate surface area is 212 Å². The van der Waals surface area contributed by atoms with Crippen LogP contribution < -0.4 is 0 Å². The zero-order valence-corrected chi connectivity index (χ0v) is 22.0. The van der Waals surface area contributed by atoms with Crippen LogP contribution in [0.3, 0.4) is 0 Å². The predicted octanol–water partition coefficient (Wildman–Crippen LogP) is 3.29. The molecular weight excluding hydrogens is 484 g/mol. The SMILES string of the molecule is CC12CC(OC(=O)C1=O)C(C1CCC3C4CC=C5CC(S(=O)(=O)O)CC(=O)[C@]5(C)C4CC[C@]13C)CO2. The van der Waals surface area contributed by atoms with Crippen LogP contribution in [0.25, 0.3) is 0 Å². The monoisotopic (exact) mass is 520 g/mol. The normalized spacial score (nSPS) is 50.5. The van der Waals surface area contributed by atoms with E-state index in [2.05, 4.69) is 13.0 Å². The zero-order chi connectivity index (χ0) is 25.8. The molecule has 2 aliphatic heterocycles. The van der Waals surface area contributed by atoms with Crippen LogP contribution in [-0.4, -0.2) is 54.1 Å². The first kappa shape index (κ1) is 24.7. The highest BCUT2D eigenvalue weighted by molar-refractivity contribution is 7.86. The Hall–Kier alpha value is -1.58. The van der Waals surface area contributed by atoms with Gasteiger partial charge in [0.25, 0.3) is 15.9 Å². The minimum Gasteiger partial charge on any atom is -0.456 e. The highest BCUT2D eigenvalue weighted by Crippen LogP contribution is 2.67. The van der Waals surface area contributed by atoms with Crippen molar-refractivity contribution in [1.82, 2.24) is 0 Å². The Morgan fingerprint density at radius 3 is 2.36 bits per heavy atom. The van der Waals surface area contributed by atoms with Gasteiger partial charge in [0.05, 0.1) is 17.3 Å². The number of allylic oxidation sites excluding steroid dienone is 2. The van der Waals surface area contributed by atoms with Crippen molar-refractivity contribution in [2.45, 2.75) is 89.1 Å². The van der Waals surface area contributed by atoms with E-state index in [0.29, 0.717) is 30.8 Å². The van der Waals surface area contributed by atoms with Gasteiger partial charge in [0.15, 0.2) is 0 Å². The summed E-state index contributed by atoms with van der Waals surface area (Å²) < 4.78 is 44.9. The molecule has 0 aromatic heterocycles. The van der Waals surface area contributed by atoms with Crippen LogP contribution in [0.1, 0.15) is 72.1 Å². The van der Waals surface area contributed by atoms with E-state index in [0.717, 1.165) is 37.7 Å². The lowest BCUT2D eigenvalue weighted by molar-refractivity contribution is -0.214. The molecule has 2 bridgehead atoms. The lowest BCUT2D eigenvalue weighted by Crippen LogP contribution is -2.61. The number of fused-ring (bicyclic) bond motifs is 7. The minimum absolute atomic E-state index is 0.0210. The molecule has 3 saturated carbocycles. The van der Waals surface area contributed by atoms with Gasteiger partial charge in [-0.05, 0) is 81.5 Å². The standard InChI is InChI=1S/C27H36O8S/c1-25-9-8-20-16(5-4-14-10-15(36(31,32)33)11-22(28)27(14,20)3)18(25)6-7-19(25)17-13-34-26(2)12-21(17)35-24(30)23(26)29/h4,15-21H,5-13H2,1-3H3,(H,31,32,33)/t15?,16?,17?,18?,19?,20?,21?,25-,26?,27-/m0/s1. The summed E-state index contributed by atoms with van der Waals surface area (Å²) in [6.45, 7) is 6.47. The molecular formula is C27H36O8S. The van der Waals surface area contributed by atoms with Crippen molar-refractivity contribution >= 4 is 27.7 Å². The van der Waals surface area contributed by atoms with Gasteiger partial charge in [0, 0.05) is 18.8 Å². The molecule has 8 unspecified atom stereocenters. The van der Waals surface area contributed by atoms with Crippen molar-refractivity contribution in [3.05, 3.63) is 11.6 Å². The van der Waals surface area contributed by atoms with Gasteiger partial charge in [-0.25, -0.2) is 4.79 Å². The number of esters is 1. The molecule has 198 valence electrons. The van der Waals surface area contributed by atoms with E-state index in [9.17, 15) is 27.4 Å². The van der Waals surface area contributed by atoms with E-state index in [4.69, 9.17) is 9.47 Å². The summed E-state index contributed by atoms with van der Waals surface area (Å²) in [7, 11) is -4.26. The second-order valence-corrected chi connectivity index (χ2v) is 14.6. The van der Waals surface area contributed by atoms with Gasteiger partial charge in [0.1, 0.15) is 17.5 Å². The number of ether oxygens (including phenoxy) is 2. The quantitative estimate of drug-likeness (QED) is 0.255. The highest BCUT2D eigenvalue weighted by atomic mass is 32.2. The molecule has 10 atom stereocenters. The molecule has 2 saturated heterocycles. The van der Waals surface area contributed by atoms with E-state index in [1.165, 1.54) is 0 Å². The number of hydrogen-bond acceptors (Lipinski definition) is 7. The summed E-state index contributed by atoms with van der Waals surface area (Å²) >= 11 is 0. The van der Waals surface area contributed by atoms with E-state index in [1.807, 2.05) is 6.92 Å². The van der Waals surface area contributed by atoms with Crippen LogP contribution >= 0.6 is 0 Å². The summed E-state index contributed by atoms with van der Waals surface area (Å²) in [5, 5.41) is -1.03. The molecule has 0 aromatic rings. The fourth-order valence-corrected chi connectivity index (χ4v) is 10.2. The van der Waals surface area contributed by atoms with Crippen LogP contribution in [0.4, 0.5) is 0 Å². The summed E-state index contributed by atoms with van der Waals surface area (Å²) in [5.74, 6) is -0.147. The maximum Gasteiger partial charge on any atom is 0.378 e. The molecule has 6 rings (SSSR count). The number of carbonyl (C=O) groups excluding carboxylic acids is 3. The Morgan fingerprint density at radius 1 is 0.972 bits per heavy atom. The van der Waals surface area contributed by atoms with Gasteiger partial charge in [-0.15, -0.1) is 0 Å². The Morgan fingerprint density at radius 2 is 1.67 bits per heavy atom. The largest absolute Gasteiger partial charge is 0.456 e. The molecule has 0 aromatic carbocycles. The summed E-state index contributed by atoms with van der Waals surface area (Å²) in [6.07, 6.45) is 7.02. The van der Waals surface area contributed by atoms with Gasteiger partial charge in [-0.1, -0.05) is 18.6 Å². The fraction of sp³-hybridized carbons (Fsp3) is 0.815. The third kappa shape index (κ3) is 3.24. The molecule has 8 nitrogen and oxygen atoms in total. The van der Waals surface area contributed by atoms with Crippen molar-refractivity contribution in [3.8, 4) is 0 Å². The topological polar surface area (TPSA) is 124 Å². The van der Waals surface area contributed by atoms with Crippen molar-refractivity contribution in [3.63, 3.8) is 0 Å². The number of carbonyl (C=O) groups is 3. The molecule has 4 aliphatic carbocycles. The summed E-state index contributed by atoms with van der Waals surface area (Å²) in [5.41, 5.74) is -0.835. The molecule has 5 fully saturated rings. The lowest BCUT2D eigenvalue weighted by atomic mass is 9.46. The van der Waals surface area contributed by atoms with E-state index in [-0.39, 0.29) is 42.0 Å². The van der Waals surface area contributed by atoms with E-state index in [1.54, 1.807) is 6.92 Å². The van der Waals surface area contributed by atoms with Crippen LogP contribution in [0.2, 0.25) is 0 Å². The first-order chi connectivity index (χ1) is 16.8. The summed E-state index contributed by atoms with van der Waals surface area (Å²) in [4.78, 5) is 38.0. The first-order valence-electron chi connectivity index (χ1n) is 13.4. The molecule has 36 heavy (non-hydrogen) atoms. The second kappa shape index (κ2) is 7.73. The Balaban J connectivity index is 1.27. The number of ketones is 2. The average Bonchev–Trinajstić information content (AvgIpc) is 3.15. The van der Waals surface area contributed by atoms with Crippen molar-refractivity contribution in [2.75, 3.05) is 6.61 Å². The molecule has 0 amide bonds. The molecule has 9 heteroatoms. The lowest BCUT2D eigenvalue weighted by Gasteiger charge is -2.58. The molecule has 6 aliphatic rings. The molecule has 1 N–H and O–H groups in total. The molecule has 2 heterocycles. The van der Waals surface area contributed by atoms with Gasteiger partial charge in [-0.2, -0.15) is 8.42 Å². The molecule has 0 spiro atoms. The third-order valence-corrected chi connectivity index (χ3v) is 12.7. The maximum absolute atomic E-state index is 13.4. The van der Waals surface area contributed by atoms with Gasteiger partial charge in [0.2, 0.25) is 0 Å². The summed E-state index contributed by atoms with van der Waals surface area (Å²) in [6, 6.07) is 0. The Bertz CT molecular complexity index is 1170. The molecule has 0 radical (unpaired) electrons. The maximum atomic E-state index is 13.4. The minimum atomic E-state index is -4.26.